The number of hydrogen-bond donors (Lipinski definition) is 2. The van der Waals surface area contributed by atoms with E-state index in [0.29, 0.717) is 0 Å². The fourth-order valence-corrected chi connectivity index (χ4v) is 2.01. The molecule has 0 aliphatic rings. The number of nitrogens with zero attached hydrogens (tertiary/aromatic N) is 3. The van der Waals surface area contributed by atoms with Gasteiger partial charge in [-0.3, -0.25) is 4.99 Å². The van der Waals surface area contributed by atoms with Crippen molar-refractivity contribution in [2.75, 3.05) is 19.6 Å². The molecule has 1 aromatic heterocycles. The van der Waals surface area contributed by atoms with Gasteiger partial charge in [0, 0.05) is 38.6 Å². The lowest BCUT2D eigenvalue weighted by Gasteiger charge is -2.11. The molecule has 2 aromatic rings. The van der Waals surface area contributed by atoms with Crippen LogP contribution in [0.1, 0.15) is 12.5 Å². The number of nitrogens with one attached hydrogen (secondary N) is 2. The maximum Gasteiger partial charge on any atom is 0.191 e. The van der Waals surface area contributed by atoms with Crippen LogP contribution in [0.25, 0.3) is 0 Å². The predicted molar refractivity (Wildman–Crippen MR) is 86.4 cm³/mol. The molecule has 0 atom stereocenters. The van der Waals surface area contributed by atoms with Crippen LogP contribution in [0.3, 0.4) is 0 Å². The molecular weight excluding hydrogens is 262 g/mol. The largest absolute Gasteiger partial charge is 0.357 e. The van der Waals surface area contributed by atoms with Crippen LogP contribution in [0.5, 0.6) is 0 Å². The van der Waals surface area contributed by atoms with Crippen LogP contribution >= 0.6 is 0 Å². The maximum absolute atomic E-state index is 4.60. The molecule has 0 fully saturated rings. The molecule has 0 saturated heterocycles. The summed E-state index contributed by atoms with van der Waals surface area (Å²) in [6.07, 6.45) is 6.53. The number of guanidine groups is 1. The van der Waals surface area contributed by atoms with E-state index in [1.165, 1.54) is 5.56 Å². The lowest BCUT2D eigenvalue weighted by molar-refractivity contribution is 0.662. The van der Waals surface area contributed by atoms with E-state index in [9.17, 15) is 0 Å². The summed E-state index contributed by atoms with van der Waals surface area (Å²) in [5.74, 6) is 0.869. The minimum Gasteiger partial charge on any atom is -0.357 e. The Labute approximate surface area is 126 Å². The van der Waals surface area contributed by atoms with Crippen molar-refractivity contribution in [1.29, 1.82) is 0 Å². The fraction of sp³-hybridized carbons (Fsp3) is 0.375. The molecule has 1 heterocycles. The highest BCUT2D eigenvalue weighted by atomic mass is 15.2. The van der Waals surface area contributed by atoms with Crippen LogP contribution in [0, 0.1) is 0 Å². The number of aromatic nitrogens is 2. The van der Waals surface area contributed by atoms with E-state index in [1.807, 2.05) is 23.2 Å². The van der Waals surface area contributed by atoms with Crippen molar-refractivity contribution < 1.29 is 0 Å². The zero-order valence-electron chi connectivity index (χ0n) is 12.5. The van der Waals surface area contributed by atoms with E-state index in [-0.39, 0.29) is 0 Å². The van der Waals surface area contributed by atoms with Crippen LogP contribution in [0.2, 0.25) is 0 Å². The molecule has 0 aliphatic carbocycles. The highest BCUT2D eigenvalue weighted by Crippen LogP contribution is 1.99. The zero-order chi connectivity index (χ0) is 14.8. The maximum atomic E-state index is 4.60. The number of imidazole rings is 1. The number of hydrogen-bond acceptors (Lipinski definition) is 2. The molecule has 0 bridgehead atoms. The first-order valence-electron chi connectivity index (χ1n) is 7.40. The average molecular weight is 285 g/mol. The van der Waals surface area contributed by atoms with Crippen molar-refractivity contribution in [2.45, 2.75) is 19.9 Å². The van der Waals surface area contributed by atoms with E-state index < -0.39 is 0 Å². The monoisotopic (exact) mass is 285 g/mol. The van der Waals surface area contributed by atoms with Crippen LogP contribution in [0.15, 0.2) is 54.0 Å². The Morgan fingerprint density at radius 3 is 2.81 bits per heavy atom. The quantitative estimate of drug-likeness (QED) is 0.601. The Hall–Kier alpha value is -2.30. The molecule has 2 N–H and O–H groups in total. The summed E-state index contributed by atoms with van der Waals surface area (Å²) in [5, 5.41) is 6.60. The molecule has 0 unspecified atom stereocenters. The molecule has 112 valence electrons. The molecule has 0 radical (unpaired) electrons. The molecular formula is C16H23N5. The van der Waals surface area contributed by atoms with Gasteiger partial charge in [0.2, 0.25) is 0 Å². The minimum absolute atomic E-state index is 0.782. The van der Waals surface area contributed by atoms with E-state index in [1.54, 1.807) is 6.20 Å². The average Bonchev–Trinajstić information content (AvgIpc) is 3.02. The van der Waals surface area contributed by atoms with Gasteiger partial charge in [-0.05, 0) is 18.9 Å². The summed E-state index contributed by atoms with van der Waals surface area (Å²) in [7, 11) is 0. The molecule has 0 amide bonds. The van der Waals surface area contributed by atoms with E-state index in [0.717, 1.165) is 38.6 Å². The second-order valence-electron chi connectivity index (χ2n) is 4.72. The Balaban J connectivity index is 1.75. The SMILES string of the molecule is CCNC(=NCCc1ccccc1)NCCn1ccnc1. The van der Waals surface area contributed by atoms with Gasteiger partial charge in [-0.1, -0.05) is 30.3 Å². The molecule has 2 rings (SSSR count). The topological polar surface area (TPSA) is 54.2 Å². The summed E-state index contributed by atoms with van der Waals surface area (Å²) in [6, 6.07) is 10.4. The van der Waals surface area contributed by atoms with Crippen LogP contribution in [-0.2, 0) is 13.0 Å². The Morgan fingerprint density at radius 1 is 1.24 bits per heavy atom. The molecule has 5 nitrogen and oxygen atoms in total. The number of aliphatic imine (C=N–C) groups is 1. The first-order chi connectivity index (χ1) is 10.4. The second kappa shape index (κ2) is 8.79. The molecule has 0 saturated carbocycles. The molecule has 0 aliphatic heterocycles. The van der Waals surface area contributed by atoms with Gasteiger partial charge in [-0.2, -0.15) is 0 Å². The minimum atomic E-state index is 0.782. The lowest BCUT2D eigenvalue weighted by Crippen LogP contribution is -2.39. The molecule has 0 spiro atoms. The van der Waals surface area contributed by atoms with Crippen molar-refractivity contribution in [3.63, 3.8) is 0 Å². The first kappa shape index (κ1) is 15.1. The second-order valence-corrected chi connectivity index (χ2v) is 4.72. The normalized spacial score (nSPS) is 11.4. The molecule has 5 heteroatoms. The standard InChI is InChI=1S/C16H23N5/c1-2-18-16(20-11-13-21-12-10-17-14-21)19-9-8-15-6-4-3-5-7-15/h3-7,10,12,14H,2,8-9,11,13H2,1H3,(H2,18,19,20). The van der Waals surface area contributed by atoms with Gasteiger partial charge in [-0.15, -0.1) is 0 Å². The zero-order valence-corrected chi connectivity index (χ0v) is 12.5. The smallest absolute Gasteiger partial charge is 0.191 e. The van der Waals surface area contributed by atoms with Crippen LogP contribution in [0.4, 0.5) is 0 Å². The molecule has 1 aromatic carbocycles. The fourth-order valence-electron chi connectivity index (χ4n) is 2.01. The van der Waals surface area contributed by atoms with Crippen molar-refractivity contribution in [1.82, 2.24) is 20.2 Å². The van der Waals surface area contributed by atoms with Gasteiger partial charge < -0.3 is 15.2 Å². The van der Waals surface area contributed by atoms with Gasteiger partial charge in [0.15, 0.2) is 5.96 Å². The third-order valence-electron chi connectivity index (χ3n) is 3.08. The number of benzene rings is 1. The Bertz CT molecular complexity index is 519. The summed E-state index contributed by atoms with van der Waals surface area (Å²) in [5.41, 5.74) is 1.32. The van der Waals surface area contributed by atoms with Gasteiger partial charge in [0.1, 0.15) is 0 Å². The van der Waals surface area contributed by atoms with Gasteiger partial charge in [-0.25, -0.2) is 4.98 Å². The van der Waals surface area contributed by atoms with Crippen LogP contribution in [-0.4, -0.2) is 35.1 Å². The van der Waals surface area contributed by atoms with Crippen molar-refractivity contribution in [3.05, 3.63) is 54.6 Å². The van der Waals surface area contributed by atoms with Crippen molar-refractivity contribution in [2.24, 2.45) is 4.99 Å². The van der Waals surface area contributed by atoms with Gasteiger partial charge >= 0.3 is 0 Å². The van der Waals surface area contributed by atoms with Gasteiger partial charge in [0.25, 0.3) is 0 Å². The van der Waals surface area contributed by atoms with Crippen LogP contribution < -0.4 is 10.6 Å². The van der Waals surface area contributed by atoms with E-state index in [4.69, 9.17) is 0 Å². The number of rotatable bonds is 7. The third-order valence-corrected chi connectivity index (χ3v) is 3.08. The third kappa shape index (κ3) is 5.69. The lowest BCUT2D eigenvalue weighted by atomic mass is 10.2. The van der Waals surface area contributed by atoms with Crippen molar-refractivity contribution >= 4 is 5.96 Å². The Morgan fingerprint density at radius 2 is 2.10 bits per heavy atom. The summed E-state index contributed by atoms with van der Waals surface area (Å²) >= 11 is 0. The summed E-state index contributed by atoms with van der Waals surface area (Å²) in [6.45, 7) is 5.42. The Kier molecular flexibility index (Phi) is 6.32. The van der Waals surface area contributed by atoms with E-state index >= 15 is 0 Å². The molecule has 21 heavy (non-hydrogen) atoms. The summed E-state index contributed by atoms with van der Waals surface area (Å²) in [4.78, 5) is 8.63. The van der Waals surface area contributed by atoms with Gasteiger partial charge in [0.05, 0.1) is 6.33 Å². The van der Waals surface area contributed by atoms with Crippen molar-refractivity contribution in [3.8, 4) is 0 Å². The highest BCUT2D eigenvalue weighted by molar-refractivity contribution is 5.79. The summed E-state index contributed by atoms with van der Waals surface area (Å²) < 4.78 is 2.04. The highest BCUT2D eigenvalue weighted by Gasteiger charge is 1.97. The first-order valence-corrected chi connectivity index (χ1v) is 7.40. The van der Waals surface area contributed by atoms with E-state index in [2.05, 4.69) is 51.8 Å². The predicted octanol–water partition coefficient (Wildman–Crippen LogP) is 1.68.